The van der Waals surface area contributed by atoms with Gasteiger partial charge in [0.15, 0.2) is 0 Å². The topological polar surface area (TPSA) is 58.1 Å². The molecule has 1 aliphatic rings. The van der Waals surface area contributed by atoms with Crippen LogP contribution in [0.15, 0.2) is 60.2 Å². The van der Waals surface area contributed by atoms with Crippen molar-refractivity contribution in [2.24, 2.45) is 0 Å². The molecule has 5 rings (SSSR count). The van der Waals surface area contributed by atoms with Crippen LogP contribution in [0.3, 0.4) is 0 Å². The molecule has 1 amide bonds. The van der Waals surface area contributed by atoms with Crippen molar-refractivity contribution in [1.82, 2.24) is 14.9 Å². The highest BCUT2D eigenvalue weighted by molar-refractivity contribution is 7.12. The SMILES string of the molecule is CC(C)(C)Nc1ncnc2ccc(-c3ccc(F)c(CN(C(=O)c4cccs4)C4CC4)c3)cc12. The van der Waals surface area contributed by atoms with Gasteiger partial charge in [0, 0.05) is 29.1 Å². The van der Waals surface area contributed by atoms with E-state index in [1.807, 2.05) is 46.7 Å². The van der Waals surface area contributed by atoms with Crippen LogP contribution in [-0.4, -0.2) is 32.4 Å². The maximum atomic E-state index is 14.9. The Balaban J connectivity index is 1.49. The molecule has 4 aromatic rings. The van der Waals surface area contributed by atoms with Crippen molar-refractivity contribution in [3.8, 4) is 11.1 Å². The highest BCUT2D eigenvalue weighted by atomic mass is 32.1. The van der Waals surface area contributed by atoms with Crippen LogP contribution in [0.1, 0.15) is 48.8 Å². The molecule has 0 aliphatic heterocycles. The third kappa shape index (κ3) is 4.80. The van der Waals surface area contributed by atoms with Crippen molar-refractivity contribution in [2.45, 2.75) is 51.7 Å². The van der Waals surface area contributed by atoms with Gasteiger partial charge in [-0.1, -0.05) is 18.2 Å². The minimum atomic E-state index is -0.299. The number of carbonyl (C=O) groups is 1. The Morgan fingerprint density at radius 3 is 2.59 bits per heavy atom. The van der Waals surface area contributed by atoms with Crippen LogP contribution >= 0.6 is 11.3 Å². The van der Waals surface area contributed by atoms with Gasteiger partial charge in [-0.05, 0) is 80.5 Å². The smallest absolute Gasteiger partial charge is 0.264 e. The van der Waals surface area contributed by atoms with Crippen LogP contribution < -0.4 is 5.32 Å². The number of anilines is 1. The number of nitrogens with one attached hydrogen (secondary N) is 1. The van der Waals surface area contributed by atoms with E-state index in [4.69, 9.17) is 0 Å². The van der Waals surface area contributed by atoms with Crippen LogP contribution in [0.2, 0.25) is 0 Å². The summed E-state index contributed by atoms with van der Waals surface area (Å²) in [5.74, 6) is 0.443. The van der Waals surface area contributed by atoms with E-state index in [2.05, 4.69) is 36.1 Å². The summed E-state index contributed by atoms with van der Waals surface area (Å²) in [4.78, 5) is 24.4. The van der Waals surface area contributed by atoms with Gasteiger partial charge >= 0.3 is 0 Å². The fourth-order valence-corrected chi connectivity index (χ4v) is 4.72. The fraction of sp³-hybridized carbons (Fsp3) is 0.296. The maximum Gasteiger partial charge on any atom is 0.264 e. The van der Waals surface area contributed by atoms with E-state index in [1.54, 1.807) is 12.4 Å². The van der Waals surface area contributed by atoms with Crippen molar-refractivity contribution in [1.29, 1.82) is 0 Å². The number of amides is 1. The molecule has 0 radical (unpaired) electrons. The molecule has 34 heavy (non-hydrogen) atoms. The predicted octanol–water partition coefficient (Wildman–Crippen LogP) is 6.51. The van der Waals surface area contributed by atoms with Crippen molar-refractivity contribution >= 4 is 34.0 Å². The first-order valence-corrected chi connectivity index (χ1v) is 12.3. The summed E-state index contributed by atoms with van der Waals surface area (Å²) in [6.45, 7) is 6.51. The molecule has 0 bridgehead atoms. The monoisotopic (exact) mass is 474 g/mol. The Morgan fingerprint density at radius 2 is 1.88 bits per heavy atom. The number of thiophene rings is 1. The average Bonchev–Trinajstić information content (AvgIpc) is 3.49. The van der Waals surface area contributed by atoms with Gasteiger partial charge in [-0.2, -0.15) is 0 Å². The average molecular weight is 475 g/mol. The minimum absolute atomic E-state index is 0.0250. The lowest BCUT2D eigenvalue weighted by atomic mass is 10.00. The number of aromatic nitrogens is 2. The van der Waals surface area contributed by atoms with E-state index >= 15 is 0 Å². The molecule has 0 saturated heterocycles. The highest BCUT2D eigenvalue weighted by Crippen LogP contribution is 2.33. The first kappa shape index (κ1) is 22.5. The molecular formula is C27H27FN4OS. The lowest BCUT2D eigenvalue weighted by molar-refractivity contribution is 0.0733. The van der Waals surface area contributed by atoms with Gasteiger partial charge in [0.25, 0.3) is 5.91 Å². The molecule has 1 saturated carbocycles. The van der Waals surface area contributed by atoms with E-state index in [9.17, 15) is 9.18 Å². The quantitative estimate of drug-likeness (QED) is 0.346. The molecule has 1 N–H and O–H groups in total. The second kappa shape index (κ2) is 8.80. The van der Waals surface area contributed by atoms with Crippen LogP contribution in [0, 0.1) is 5.82 Å². The lowest BCUT2D eigenvalue weighted by Crippen LogP contribution is -2.32. The summed E-state index contributed by atoms with van der Waals surface area (Å²) in [6.07, 6.45) is 3.49. The van der Waals surface area contributed by atoms with E-state index in [0.29, 0.717) is 10.4 Å². The third-order valence-electron chi connectivity index (χ3n) is 5.83. The van der Waals surface area contributed by atoms with Gasteiger partial charge < -0.3 is 10.2 Å². The summed E-state index contributed by atoms with van der Waals surface area (Å²) in [5, 5.41) is 6.25. The van der Waals surface area contributed by atoms with Crippen molar-refractivity contribution in [2.75, 3.05) is 5.32 Å². The molecule has 1 aliphatic carbocycles. The largest absolute Gasteiger partial charge is 0.365 e. The zero-order chi connectivity index (χ0) is 23.9. The Hall–Kier alpha value is -3.32. The number of halogens is 1. The molecule has 0 atom stereocenters. The molecule has 174 valence electrons. The Kier molecular flexibility index (Phi) is 5.81. The Bertz CT molecular complexity index is 1340. The standard InChI is InChI=1S/C27H27FN4OS/c1-27(2,3)31-25-21-14-18(7-11-23(21)29-16-30-25)17-6-10-22(28)19(13-17)15-32(20-8-9-20)26(33)24-5-4-12-34-24/h4-7,10-14,16,20H,8-9,15H2,1-3H3,(H,29,30,31). The Morgan fingerprint density at radius 1 is 1.12 bits per heavy atom. The number of fused-ring (bicyclic) bond motifs is 1. The zero-order valence-electron chi connectivity index (χ0n) is 19.5. The van der Waals surface area contributed by atoms with E-state index in [1.165, 1.54) is 17.4 Å². The van der Waals surface area contributed by atoms with Crippen LogP contribution in [-0.2, 0) is 6.54 Å². The summed E-state index contributed by atoms with van der Waals surface area (Å²) in [7, 11) is 0. The molecule has 5 nitrogen and oxygen atoms in total. The van der Waals surface area contributed by atoms with E-state index < -0.39 is 0 Å². The second-order valence-electron chi connectivity index (χ2n) is 9.78. The number of hydrogen-bond donors (Lipinski definition) is 1. The molecule has 0 spiro atoms. The maximum absolute atomic E-state index is 14.9. The summed E-state index contributed by atoms with van der Waals surface area (Å²) < 4.78 is 14.9. The number of hydrogen-bond acceptors (Lipinski definition) is 5. The molecule has 7 heteroatoms. The fourth-order valence-electron chi connectivity index (χ4n) is 4.04. The first-order valence-electron chi connectivity index (χ1n) is 11.4. The second-order valence-corrected chi connectivity index (χ2v) is 10.7. The number of nitrogens with zero attached hydrogens (tertiary/aromatic N) is 3. The highest BCUT2D eigenvalue weighted by Gasteiger charge is 2.34. The third-order valence-corrected chi connectivity index (χ3v) is 6.69. The predicted molar refractivity (Wildman–Crippen MR) is 136 cm³/mol. The van der Waals surface area contributed by atoms with Crippen molar-refractivity contribution in [3.05, 3.63) is 76.5 Å². The summed E-state index contributed by atoms with van der Waals surface area (Å²) >= 11 is 1.42. The summed E-state index contributed by atoms with van der Waals surface area (Å²) in [6, 6.07) is 15.0. The van der Waals surface area contributed by atoms with E-state index in [0.717, 1.165) is 40.7 Å². The van der Waals surface area contributed by atoms with Crippen LogP contribution in [0.4, 0.5) is 10.2 Å². The normalized spacial score (nSPS) is 13.8. The van der Waals surface area contributed by atoms with E-state index in [-0.39, 0.29) is 29.8 Å². The molecule has 0 unspecified atom stereocenters. The lowest BCUT2D eigenvalue weighted by Gasteiger charge is -2.23. The van der Waals surface area contributed by atoms with Gasteiger partial charge in [-0.15, -0.1) is 11.3 Å². The van der Waals surface area contributed by atoms with Gasteiger partial charge in [-0.25, -0.2) is 14.4 Å². The molecule has 1 fully saturated rings. The Labute approximate surface area is 202 Å². The van der Waals surface area contributed by atoms with Gasteiger partial charge in [0.2, 0.25) is 0 Å². The summed E-state index contributed by atoms with van der Waals surface area (Å²) in [5.41, 5.74) is 3.05. The number of carbonyl (C=O) groups excluding carboxylic acids is 1. The van der Waals surface area contributed by atoms with Crippen LogP contribution in [0.25, 0.3) is 22.0 Å². The van der Waals surface area contributed by atoms with Gasteiger partial charge in [0.05, 0.1) is 10.4 Å². The molecule has 2 heterocycles. The minimum Gasteiger partial charge on any atom is -0.365 e. The van der Waals surface area contributed by atoms with Crippen molar-refractivity contribution < 1.29 is 9.18 Å². The number of rotatable bonds is 6. The van der Waals surface area contributed by atoms with Crippen LogP contribution in [0.5, 0.6) is 0 Å². The molecule has 2 aromatic carbocycles. The number of benzene rings is 2. The first-order chi connectivity index (χ1) is 16.3. The zero-order valence-corrected chi connectivity index (χ0v) is 20.3. The van der Waals surface area contributed by atoms with Gasteiger partial charge in [-0.3, -0.25) is 4.79 Å². The molecular weight excluding hydrogens is 447 g/mol. The van der Waals surface area contributed by atoms with Gasteiger partial charge in [0.1, 0.15) is 18.0 Å². The van der Waals surface area contributed by atoms with Crippen molar-refractivity contribution in [3.63, 3.8) is 0 Å². The molecule has 2 aromatic heterocycles.